The zero-order chi connectivity index (χ0) is 15.1. The lowest BCUT2D eigenvalue weighted by Gasteiger charge is -2.08. The van der Waals surface area contributed by atoms with Crippen molar-refractivity contribution in [3.63, 3.8) is 0 Å². The lowest BCUT2D eigenvalue weighted by atomic mass is 10.3. The molecule has 0 aliphatic rings. The minimum atomic E-state index is -0.476. The number of benzene rings is 1. The van der Waals surface area contributed by atoms with Crippen LogP contribution in [0, 0.1) is 0 Å². The summed E-state index contributed by atoms with van der Waals surface area (Å²) in [6.45, 7) is 3.25. The summed E-state index contributed by atoms with van der Waals surface area (Å²) in [4.78, 5) is 11.3. The first-order valence-corrected chi connectivity index (χ1v) is 6.86. The highest BCUT2D eigenvalue weighted by Crippen LogP contribution is 2.19. The molecule has 0 radical (unpaired) electrons. The van der Waals surface area contributed by atoms with E-state index in [0.29, 0.717) is 18.9 Å². The van der Waals surface area contributed by atoms with Gasteiger partial charge in [0, 0.05) is 11.8 Å². The summed E-state index contributed by atoms with van der Waals surface area (Å²) < 4.78 is 15.6. The molecule has 1 heterocycles. The Hall–Kier alpha value is -2.43. The van der Waals surface area contributed by atoms with Crippen molar-refractivity contribution in [2.75, 3.05) is 19.0 Å². The number of ether oxygens (including phenoxy) is 2. The standard InChI is InChI=1S/C16H19NO4/c1-3-9-20-13-6-4-5-12(10-13)17-11-14-7-8-15(21-14)16(18)19-2/h4-8,10,17H,3,9,11H2,1-2H3. The van der Waals surface area contributed by atoms with Crippen LogP contribution in [-0.2, 0) is 11.3 Å². The minimum Gasteiger partial charge on any atom is -0.494 e. The number of rotatable bonds is 7. The summed E-state index contributed by atoms with van der Waals surface area (Å²) in [6.07, 6.45) is 0.973. The van der Waals surface area contributed by atoms with Crippen LogP contribution in [0.5, 0.6) is 5.75 Å². The van der Waals surface area contributed by atoms with Gasteiger partial charge in [-0.15, -0.1) is 0 Å². The number of carbonyl (C=O) groups excluding carboxylic acids is 1. The summed E-state index contributed by atoms with van der Waals surface area (Å²) in [5.41, 5.74) is 0.930. The molecule has 1 aromatic heterocycles. The predicted molar refractivity (Wildman–Crippen MR) is 79.6 cm³/mol. The molecule has 0 unspecified atom stereocenters. The van der Waals surface area contributed by atoms with Gasteiger partial charge in [-0.2, -0.15) is 0 Å². The predicted octanol–water partition coefficient (Wildman–Crippen LogP) is 3.47. The summed E-state index contributed by atoms with van der Waals surface area (Å²) in [7, 11) is 1.32. The van der Waals surface area contributed by atoms with E-state index in [1.807, 2.05) is 24.3 Å². The van der Waals surface area contributed by atoms with Gasteiger partial charge in [-0.3, -0.25) is 0 Å². The fourth-order valence-corrected chi connectivity index (χ4v) is 1.79. The fourth-order valence-electron chi connectivity index (χ4n) is 1.79. The molecular formula is C16H19NO4. The van der Waals surface area contributed by atoms with Crippen LogP contribution >= 0.6 is 0 Å². The number of methoxy groups -OCH3 is 1. The van der Waals surface area contributed by atoms with Crippen molar-refractivity contribution in [3.8, 4) is 5.75 Å². The Balaban J connectivity index is 1.93. The van der Waals surface area contributed by atoms with E-state index < -0.39 is 5.97 Å². The second kappa shape index (κ2) is 7.38. The van der Waals surface area contributed by atoms with E-state index in [1.165, 1.54) is 7.11 Å². The Kier molecular flexibility index (Phi) is 5.26. The maximum absolute atomic E-state index is 11.3. The number of nitrogens with one attached hydrogen (secondary N) is 1. The first kappa shape index (κ1) is 15.0. The average molecular weight is 289 g/mol. The molecule has 5 nitrogen and oxygen atoms in total. The van der Waals surface area contributed by atoms with Gasteiger partial charge < -0.3 is 19.2 Å². The Morgan fingerprint density at radius 3 is 2.90 bits per heavy atom. The molecule has 21 heavy (non-hydrogen) atoms. The summed E-state index contributed by atoms with van der Waals surface area (Å²) >= 11 is 0. The number of hydrogen-bond acceptors (Lipinski definition) is 5. The molecule has 0 fully saturated rings. The average Bonchev–Trinajstić information content (AvgIpc) is 2.99. The Morgan fingerprint density at radius 2 is 2.14 bits per heavy atom. The molecule has 0 bridgehead atoms. The Morgan fingerprint density at radius 1 is 1.29 bits per heavy atom. The van der Waals surface area contributed by atoms with Crippen LogP contribution in [-0.4, -0.2) is 19.7 Å². The maximum atomic E-state index is 11.3. The van der Waals surface area contributed by atoms with Gasteiger partial charge in [0.15, 0.2) is 0 Å². The fraction of sp³-hybridized carbons (Fsp3) is 0.312. The van der Waals surface area contributed by atoms with Crippen molar-refractivity contribution in [2.45, 2.75) is 19.9 Å². The van der Waals surface area contributed by atoms with E-state index in [9.17, 15) is 4.79 Å². The largest absolute Gasteiger partial charge is 0.494 e. The van der Waals surface area contributed by atoms with Crippen molar-refractivity contribution >= 4 is 11.7 Å². The van der Waals surface area contributed by atoms with E-state index in [2.05, 4.69) is 17.0 Å². The van der Waals surface area contributed by atoms with E-state index in [1.54, 1.807) is 12.1 Å². The van der Waals surface area contributed by atoms with Crippen molar-refractivity contribution in [3.05, 3.63) is 47.9 Å². The molecule has 1 aromatic carbocycles. The molecule has 0 aliphatic heterocycles. The molecule has 1 N–H and O–H groups in total. The SMILES string of the molecule is CCCOc1cccc(NCc2ccc(C(=O)OC)o2)c1. The van der Waals surface area contributed by atoms with Gasteiger partial charge in [-0.25, -0.2) is 4.79 Å². The van der Waals surface area contributed by atoms with Crippen LogP contribution in [0.25, 0.3) is 0 Å². The van der Waals surface area contributed by atoms with Crippen LogP contribution in [0.4, 0.5) is 5.69 Å². The molecule has 0 saturated heterocycles. The highest BCUT2D eigenvalue weighted by Gasteiger charge is 2.10. The van der Waals surface area contributed by atoms with Gasteiger partial charge in [0.1, 0.15) is 11.5 Å². The highest BCUT2D eigenvalue weighted by molar-refractivity contribution is 5.86. The molecular weight excluding hydrogens is 270 g/mol. The van der Waals surface area contributed by atoms with Crippen molar-refractivity contribution < 1.29 is 18.7 Å². The smallest absolute Gasteiger partial charge is 0.373 e. The number of esters is 1. The molecule has 0 saturated carbocycles. The number of carbonyl (C=O) groups is 1. The van der Waals surface area contributed by atoms with Crippen LogP contribution in [0.2, 0.25) is 0 Å². The topological polar surface area (TPSA) is 60.7 Å². The number of furan rings is 1. The molecule has 0 atom stereocenters. The lowest BCUT2D eigenvalue weighted by molar-refractivity contribution is 0.0563. The molecule has 0 spiro atoms. The third kappa shape index (κ3) is 4.27. The molecule has 0 amide bonds. The second-order valence-corrected chi connectivity index (χ2v) is 4.49. The van der Waals surface area contributed by atoms with Gasteiger partial charge in [-0.1, -0.05) is 13.0 Å². The van der Waals surface area contributed by atoms with E-state index in [4.69, 9.17) is 9.15 Å². The normalized spacial score (nSPS) is 10.2. The molecule has 5 heteroatoms. The Labute approximate surface area is 123 Å². The summed E-state index contributed by atoms with van der Waals surface area (Å²) in [5, 5.41) is 3.22. The number of anilines is 1. The second-order valence-electron chi connectivity index (χ2n) is 4.49. The third-order valence-electron chi connectivity index (χ3n) is 2.82. The van der Waals surface area contributed by atoms with E-state index in [-0.39, 0.29) is 5.76 Å². The summed E-state index contributed by atoms with van der Waals surface area (Å²) in [6, 6.07) is 11.1. The zero-order valence-corrected chi connectivity index (χ0v) is 12.2. The minimum absolute atomic E-state index is 0.203. The van der Waals surface area contributed by atoms with Gasteiger partial charge in [0.2, 0.25) is 5.76 Å². The van der Waals surface area contributed by atoms with Gasteiger partial charge in [-0.05, 0) is 30.7 Å². The van der Waals surface area contributed by atoms with Crippen molar-refractivity contribution in [1.82, 2.24) is 0 Å². The summed E-state index contributed by atoms with van der Waals surface area (Å²) in [5.74, 6) is 1.22. The molecule has 2 rings (SSSR count). The number of hydrogen-bond donors (Lipinski definition) is 1. The first-order valence-electron chi connectivity index (χ1n) is 6.86. The highest BCUT2D eigenvalue weighted by atomic mass is 16.5. The quantitative estimate of drug-likeness (QED) is 0.791. The monoisotopic (exact) mass is 289 g/mol. The van der Waals surface area contributed by atoms with Gasteiger partial charge in [0.05, 0.1) is 20.3 Å². The van der Waals surface area contributed by atoms with Crippen LogP contribution < -0.4 is 10.1 Å². The lowest BCUT2D eigenvalue weighted by Crippen LogP contribution is -2.01. The third-order valence-corrected chi connectivity index (χ3v) is 2.82. The molecule has 2 aromatic rings. The van der Waals surface area contributed by atoms with E-state index in [0.717, 1.165) is 17.9 Å². The molecule has 112 valence electrons. The maximum Gasteiger partial charge on any atom is 0.373 e. The molecule has 0 aliphatic carbocycles. The van der Waals surface area contributed by atoms with Crippen LogP contribution in [0.3, 0.4) is 0 Å². The van der Waals surface area contributed by atoms with Crippen molar-refractivity contribution in [1.29, 1.82) is 0 Å². The zero-order valence-electron chi connectivity index (χ0n) is 12.2. The Bertz CT molecular complexity index is 591. The van der Waals surface area contributed by atoms with Crippen molar-refractivity contribution in [2.24, 2.45) is 0 Å². The van der Waals surface area contributed by atoms with Gasteiger partial charge in [0.25, 0.3) is 0 Å². The van der Waals surface area contributed by atoms with Crippen LogP contribution in [0.1, 0.15) is 29.7 Å². The first-order chi connectivity index (χ1) is 10.2. The van der Waals surface area contributed by atoms with Crippen LogP contribution in [0.15, 0.2) is 40.8 Å². The van der Waals surface area contributed by atoms with E-state index >= 15 is 0 Å². The van der Waals surface area contributed by atoms with Gasteiger partial charge >= 0.3 is 5.97 Å².